The topological polar surface area (TPSA) is 257 Å². The van der Waals surface area contributed by atoms with Crippen LogP contribution in [0, 0.1) is 0 Å². The van der Waals surface area contributed by atoms with E-state index in [-0.39, 0.29) is 6.42 Å². The molecule has 14 nitrogen and oxygen atoms in total. The Morgan fingerprint density at radius 2 is 1.42 bits per heavy atom. The molecule has 0 aliphatic heterocycles. The number of amides is 4. The van der Waals surface area contributed by atoms with Crippen LogP contribution in [0.1, 0.15) is 39.0 Å². The molecule has 0 bridgehead atoms. The Bertz CT molecular complexity index is 686. The minimum atomic E-state index is -1.60. The molecule has 0 spiro atoms. The molecule has 4 atom stereocenters. The van der Waals surface area contributed by atoms with Gasteiger partial charge in [0.1, 0.15) is 18.1 Å². The van der Waals surface area contributed by atoms with Crippen LogP contribution in [0.5, 0.6) is 0 Å². The van der Waals surface area contributed by atoms with Gasteiger partial charge >= 0.3 is 11.9 Å². The zero-order valence-corrected chi connectivity index (χ0v) is 17.1. The van der Waals surface area contributed by atoms with Crippen LogP contribution >= 0.6 is 0 Å². The first-order valence-corrected chi connectivity index (χ1v) is 9.48. The van der Waals surface area contributed by atoms with Crippen LogP contribution in [0.2, 0.25) is 0 Å². The summed E-state index contributed by atoms with van der Waals surface area (Å²) in [6.07, 6.45) is -0.266. The third-order valence-corrected chi connectivity index (χ3v) is 4.08. The predicted molar refractivity (Wildman–Crippen MR) is 106 cm³/mol. The van der Waals surface area contributed by atoms with Gasteiger partial charge in [0, 0.05) is 0 Å². The van der Waals surface area contributed by atoms with E-state index < -0.39 is 72.6 Å². The fourth-order valence-corrected chi connectivity index (χ4v) is 2.40. The van der Waals surface area contributed by atoms with E-state index in [9.17, 15) is 33.9 Å². The Hall–Kier alpha value is -3.26. The van der Waals surface area contributed by atoms with E-state index in [1.807, 2.05) is 0 Å². The van der Waals surface area contributed by atoms with Crippen molar-refractivity contribution in [2.45, 2.75) is 63.2 Å². The van der Waals surface area contributed by atoms with E-state index in [2.05, 4.69) is 16.0 Å². The summed E-state index contributed by atoms with van der Waals surface area (Å²) in [5.41, 5.74) is 15.8. The largest absolute Gasteiger partial charge is 0.481 e. The molecule has 0 fully saturated rings. The molecular formula is C17H30N6O8. The number of hydrogen-bond donors (Lipinski definition) is 8. The summed E-state index contributed by atoms with van der Waals surface area (Å²) >= 11 is 0. The average Bonchev–Trinajstić information content (AvgIpc) is 2.65. The van der Waals surface area contributed by atoms with Crippen molar-refractivity contribution in [1.29, 1.82) is 0 Å². The normalized spacial score (nSPS) is 14.4. The van der Waals surface area contributed by atoms with Gasteiger partial charge in [-0.1, -0.05) is 0 Å². The molecule has 0 saturated carbocycles. The van der Waals surface area contributed by atoms with E-state index in [4.69, 9.17) is 22.3 Å². The smallest absolute Gasteiger partial charge is 0.326 e. The van der Waals surface area contributed by atoms with E-state index in [0.717, 1.165) is 0 Å². The van der Waals surface area contributed by atoms with Crippen molar-refractivity contribution >= 4 is 35.6 Å². The molecule has 4 unspecified atom stereocenters. The number of primary amides is 1. The van der Waals surface area contributed by atoms with E-state index in [0.29, 0.717) is 19.4 Å². The molecule has 11 N–H and O–H groups in total. The van der Waals surface area contributed by atoms with E-state index in [1.165, 1.54) is 6.92 Å². The van der Waals surface area contributed by atoms with Crippen molar-refractivity contribution < 1.29 is 39.0 Å². The molecule has 0 aromatic carbocycles. The maximum Gasteiger partial charge on any atom is 0.326 e. The Balaban J connectivity index is 5.09. The van der Waals surface area contributed by atoms with Crippen LogP contribution in [0.4, 0.5) is 0 Å². The van der Waals surface area contributed by atoms with Crippen molar-refractivity contribution in [2.24, 2.45) is 17.2 Å². The highest BCUT2D eigenvalue weighted by atomic mass is 16.4. The van der Waals surface area contributed by atoms with Gasteiger partial charge < -0.3 is 43.4 Å². The number of aliphatic carboxylic acids is 2. The molecule has 0 aliphatic carbocycles. The van der Waals surface area contributed by atoms with Gasteiger partial charge in [-0.25, -0.2) is 4.79 Å². The molecule has 0 aromatic heterocycles. The van der Waals surface area contributed by atoms with E-state index >= 15 is 0 Å². The molecule has 0 saturated heterocycles. The van der Waals surface area contributed by atoms with Gasteiger partial charge in [0.2, 0.25) is 23.6 Å². The zero-order valence-electron chi connectivity index (χ0n) is 17.1. The lowest BCUT2D eigenvalue weighted by Gasteiger charge is -2.22. The predicted octanol–water partition coefficient (Wildman–Crippen LogP) is -3.65. The summed E-state index contributed by atoms with van der Waals surface area (Å²) in [5, 5.41) is 24.8. The van der Waals surface area contributed by atoms with Gasteiger partial charge in [-0.05, 0) is 32.7 Å². The fourth-order valence-electron chi connectivity index (χ4n) is 2.40. The number of carboxylic acid groups (broad SMARTS) is 2. The molecule has 31 heavy (non-hydrogen) atoms. The molecule has 0 aliphatic rings. The zero-order chi connectivity index (χ0) is 24.1. The first kappa shape index (κ1) is 27.7. The monoisotopic (exact) mass is 446 g/mol. The number of nitrogens with two attached hydrogens (primary N) is 3. The van der Waals surface area contributed by atoms with Crippen molar-refractivity contribution in [2.75, 3.05) is 6.54 Å². The summed E-state index contributed by atoms with van der Waals surface area (Å²) < 4.78 is 0. The number of rotatable bonds is 15. The summed E-state index contributed by atoms with van der Waals surface area (Å²) in [6.45, 7) is 1.58. The van der Waals surface area contributed by atoms with Crippen LogP contribution in [-0.4, -0.2) is 76.5 Å². The summed E-state index contributed by atoms with van der Waals surface area (Å²) in [7, 11) is 0. The second-order valence-corrected chi connectivity index (χ2v) is 6.85. The third kappa shape index (κ3) is 11.5. The number of carbonyl (C=O) groups is 6. The van der Waals surface area contributed by atoms with Gasteiger partial charge in [-0.15, -0.1) is 0 Å². The second-order valence-electron chi connectivity index (χ2n) is 6.85. The highest BCUT2D eigenvalue weighted by Crippen LogP contribution is 2.03. The van der Waals surface area contributed by atoms with Gasteiger partial charge in [0.15, 0.2) is 0 Å². The number of hydrogen-bond acceptors (Lipinski definition) is 8. The molecule has 4 amide bonds. The van der Waals surface area contributed by atoms with Crippen LogP contribution in [0.25, 0.3) is 0 Å². The third-order valence-electron chi connectivity index (χ3n) is 4.08. The van der Waals surface area contributed by atoms with E-state index in [1.54, 1.807) is 0 Å². The maximum absolute atomic E-state index is 12.4. The van der Waals surface area contributed by atoms with Gasteiger partial charge in [0.05, 0.1) is 18.9 Å². The number of unbranched alkanes of at least 4 members (excludes halogenated alkanes) is 1. The maximum atomic E-state index is 12.4. The highest BCUT2D eigenvalue weighted by molar-refractivity contribution is 5.96. The SMILES string of the molecule is CC(NC(=O)C(N)CC(N)=O)C(=O)NC(CC(=O)O)C(=O)NC(CCCCN)C(=O)O. The second kappa shape index (κ2) is 13.9. The molecule has 0 rings (SSSR count). The summed E-state index contributed by atoms with van der Waals surface area (Å²) in [5.74, 6) is -6.36. The fraction of sp³-hybridized carbons (Fsp3) is 0.647. The first-order valence-electron chi connectivity index (χ1n) is 9.48. The number of carboxylic acids is 2. The first-order chi connectivity index (χ1) is 14.4. The standard InChI is InChI=1S/C17H30N6O8/c1-8(21-15(28)9(19)6-12(20)24)14(27)23-11(7-13(25)26)16(29)22-10(17(30)31)4-2-3-5-18/h8-11H,2-7,18-19H2,1H3,(H2,20,24)(H,21,28)(H,22,29)(H,23,27)(H,25,26)(H,30,31). The van der Waals surface area contributed by atoms with Crippen molar-refractivity contribution in [3.8, 4) is 0 Å². The molecule has 14 heteroatoms. The molecule has 176 valence electrons. The Morgan fingerprint density at radius 3 is 1.90 bits per heavy atom. The Morgan fingerprint density at radius 1 is 0.839 bits per heavy atom. The van der Waals surface area contributed by atoms with Crippen molar-refractivity contribution in [3.05, 3.63) is 0 Å². The summed E-state index contributed by atoms with van der Waals surface area (Å²) in [4.78, 5) is 69.8. The van der Waals surface area contributed by atoms with Gasteiger partial charge in [0.25, 0.3) is 0 Å². The van der Waals surface area contributed by atoms with Crippen molar-refractivity contribution in [3.63, 3.8) is 0 Å². The average molecular weight is 446 g/mol. The van der Waals surface area contributed by atoms with Crippen LogP contribution < -0.4 is 33.2 Å². The molecular weight excluding hydrogens is 416 g/mol. The summed E-state index contributed by atoms with van der Waals surface area (Å²) in [6, 6.07) is -5.43. The minimum absolute atomic E-state index is 0.0657. The van der Waals surface area contributed by atoms with Gasteiger partial charge in [-0.2, -0.15) is 0 Å². The quantitative estimate of drug-likeness (QED) is 0.114. The molecule has 0 heterocycles. The lowest BCUT2D eigenvalue weighted by atomic mass is 10.1. The Kier molecular flexibility index (Phi) is 12.4. The van der Waals surface area contributed by atoms with Crippen LogP contribution in [0.3, 0.4) is 0 Å². The highest BCUT2D eigenvalue weighted by Gasteiger charge is 2.30. The lowest BCUT2D eigenvalue weighted by Crippen LogP contribution is -2.57. The number of carbonyl (C=O) groups excluding carboxylic acids is 4. The van der Waals surface area contributed by atoms with Crippen LogP contribution in [0.15, 0.2) is 0 Å². The number of nitrogens with one attached hydrogen (secondary N) is 3. The van der Waals surface area contributed by atoms with Crippen LogP contribution in [-0.2, 0) is 28.8 Å². The molecule has 0 aromatic rings. The van der Waals surface area contributed by atoms with Gasteiger partial charge in [-0.3, -0.25) is 24.0 Å². The molecule has 0 radical (unpaired) electrons. The minimum Gasteiger partial charge on any atom is -0.481 e. The van der Waals surface area contributed by atoms with Crippen molar-refractivity contribution in [1.82, 2.24) is 16.0 Å². The lowest BCUT2D eigenvalue weighted by molar-refractivity contribution is -0.143. The Labute approximate surface area is 178 Å².